The van der Waals surface area contributed by atoms with Crippen LogP contribution < -0.4 is 4.74 Å². The monoisotopic (exact) mass is 555 g/mol. The van der Waals surface area contributed by atoms with Gasteiger partial charge >= 0.3 is 5.97 Å². The van der Waals surface area contributed by atoms with Gasteiger partial charge in [-0.05, 0) is 67.8 Å². The molecular formula is C27H26BrNO5S. The smallest absolute Gasteiger partial charge is 0.333 e. The highest BCUT2D eigenvalue weighted by Gasteiger charge is 2.44. The Bertz CT molecular complexity index is 1330. The summed E-state index contributed by atoms with van der Waals surface area (Å²) in [6, 6.07) is 19.4. The van der Waals surface area contributed by atoms with Gasteiger partial charge in [0.2, 0.25) is 10.0 Å². The molecule has 0 aliphatic carbocycles. The summed E-state index contributed by atoms with van der Waals surface area (Å²) >= 11 is 3.40. The van der Waals surface area contributed by atoms with E-state index in [0.29, 0.717) is 17.9 Å². The van der Waals surface area contributed by atoms with Gasteiger partial charge in [-0.25, -0.2) is 13.2 Å². The molecule has 1 aliphatic heterocycles. The summed E-state index contributed by atoms with van der Waals surface area (Å²) in [6.07, 6.45) is 1.87. The topological polar surface area (TPSA) is 83.9 Å². The van der Waals surface area contributed by atoms with Crippen molar-refractivity contribution in [3.63, 3.8) is 0 Å². The molecule has 3 aromatic rings. The van der Waals surface area contributed by atoms with Crippen LogP contribution in [0.25, 0.3) is 0 Å². The molecule has 0 spiro atoms. The number of aryl methyl sites for hydroxylation is 1. The van der Waals surface area contributed by atoms with E-state index in [0.717, 1.165) is 15.6 Å². The highest BCUT2D eigenvalue weighted by Crippen LogP contribution is 2.46. The molecule has 1 heterocycles. The first-order chi connectivity index (χ1) is 16.7. The standard InChI is InChI=1S/C27H26BrNO5S/c1-3-34-22-12-8-19(9-13-22)25-17-16-24(27(30)31)26(20-6-10-21(28)11-7-20)29(25)35(32,33)23-14-4-18(2)5-15-23/h4-16,25-26H,3,17H2,1-2H3,(H,30,31)/t25-,26-/m0/s1. The van der Waals surface area contributed by atoms with Gasteiger partial charge in [-0.1, -0.05) is 64.0 Å². The Morgan fingerprint density at radius 1 is 1.00 bits per heavy atom. The molecule has 3 aromatic carbocycles. The Kier molecular flexibility index (Phi) is 7.44. The number of ether oxygens (including phenoxy) is 1. The van der Waals surface area contributed by atoms with Crippen LogP contribution in [0.15, 0.2) is 93.8 Å². The predicted octanol–water partition coefficient (Wildman–Crippen LogP) is 6.04. The second-order valence-corrected chi connectivity index (χ2v) is 11.1. The van der Waals surface area contributed by atoms with Crippen LogP contribution in [0.5, 0.6) is 5.75 Å². The van der Waals surface area contributed by atoms with Crippen LogP contribution in [-0.2, 0) is 14.8 Å². The zero-order chi connectivity index (χ0) is 25.2. The first kappa shape index (κ1) is 25.2. The molecule has 0 saturated heterocycles. The number of aliphatic carboxylic acids is 1. The van der Waals surface area contributed by atoms with Crippen molar-refractivity contribution in [1.82, 2.24) is 4.31 Å². The Balaban J connectivity index is 1.92. The van der Waals surface area contributed by atoms with Crippen molar-refractivity contribution in [3.8, 4) is 5.75 Å². The van der Waals surface area contributed by atoms with Gasteiger partial charge in [0.05, 0.1) is 29.2 Å². The predicted molar refractivity (Wildman–Crippen MR) is 138 cm³/mol. The highest BCUT2D eigenvalue weighted by molar-refractivity contribution is 9.10. The van der Waals surface area contributed by atoms with E-state index in [1.54, 1.807) is 66.7 Å². The molecule has 2 atom stereocenters. The fourth-order valence-electron chi connectivity index (χ4n) is 4.32. The van der Waals surface area contributed by atoms with E-state index < -0.39 is 28.1 Å². The number of hydrogen-bond acceptors (Lipinski definition) is 4. The molecule has 1 aliphatic rings. The van der Waals surface area contributed by atoms with Crippen molar-refractivity contribution in [2.75, 3.05) is 6.61 Å². The molecule has 0 amide bonds. The van der Waals surface area contributed by atoms with E-state index >= 15 is 0 Å². The maximum Gasteiger partial charge on any atom is 0.333 e. The lowest BCUT2D eigenvalue weighted by molar-refractivity contribution is -0.133. The molecule has 6 nitrogen and oxygen atoms in total. The van der Waals surface area contributed by atoms with Gasteiger partial charge in [-0.15, -0.1) is 0 Å². The van der Waals surface area contributed by atoms with Gasteiger partial charge in [0.25, 0.3) is 0 Å². The molecule has 0 aromatic heterocycles. The lowest BCUT2D eigenvalue weighted by atomic mass is 9.89. The van der Waals surface area contributed by atoms with Gasteiger partial charge in [0.1, 0.15) is 5.75 Å². The van der Waals surface area contributed by atoms with Gasteiger partial charge in [-0.2, -0.15) is 4.31 Å². The molecule has 35 heavy (non-hydrogen) atoms. The number of carboxylic acids is 1. The Hall–Kier alpha value is -2.94. The molecule has 0 unspecified atom stereocenters. The zero-order valence-corrected chi connectivity index (χ0v) is 21.8. The van der Waals surface area contributed by atoms with E-state index in [9.17, 15) is 18.3 Å². The van der Waals surface area contributed by atoms with Crippen LogP contribution in [0.4, 0.5) is 0 Å². The number of nitrogens with zero attached hydrogens (tertiary/aromatic N) is 1. The average molecular weight is 556 g/mol. The minimum Gasteiger partial charge on any atom is -0.494 e. The number of rotatable bonds is 7. The number of hydrogen-bond donors (Lipinski definition) is 1. The maximum absolute atomic E-state index is 14.1. The Labute approximate surface area is 214 Å². The minimum absolute atomic E-state index is 0.0326. The van der Waals surface area contributed by atoms with Gasteiger partial charge < -0.3 is 9.84 Å². The molecule has 0 fully saturated rings. The van der Waals surface area contributed by atoms with E-state index in [1.165, 1.54) is 4.31 Å². The molecule has 0 radical (unpaired) electrons. The average Bonchev–Trinajstić information content (AvgIpc) is 2.84. The van der Waals surface area contributed by atoms with Crippen LogP contribution in [-0.4, -0.2) is 30.4 Å². The third-order valence-electron chi connectivity index (χ3n) is 6.02. The van der Waals surface area contributed by atoms with E-state index in [4.69, 9.17) is 4.74 Å². The van der Waals surface area contributed by atoms with Gasteiger partial charge in [0.15, 0.2) is 0 Å². The number of carboxylic acid groups (broad SMARTS) is 1. The van der Waals surface area contributed by atoms with Crippen molar-refractivity contribution >= 4 is 31.9 Å². The molecule has 8 heteroatoms. The van der Waals surface area contributed by atoms with Crippen LogP contribution >= 0.6 is 15.9 Å². The quantitative estimate of drug-likeness (QED) is 0.384. The fraction of sp³-hybridized carbons (Fsp3) is 0.222. The number of sulfonamides is 1. The van der Waals surface area contributed by atoms with Crippen molar-refractivity contribution in [2.45, 2.75) is 37.2 Å². The first-order valence-corrected chi connectivity index (χ1v) is 13.5. The largest absolute Gasteiger partial charge is 0.494 e. The molecular weight excluding hydrogens is 530 g/mol. The summed E-state index contributed by atoms with van der Waals surface area (Å²) < 4.78 is 36.0. The van der Waals surface area contributed by atoms with Gasteiger partial charge in [0, 0.05) is 4.47 Å². The molecule has 0 bridgehead atoms. The van der Waals surface area contributed by atoms with E-state index in [1.807, 2.05) is 26.0 Å². The second kappa shape index (κ2) is 10.4. The molecule has 1 N–H and O–H groups in total. The lowest BCUT2D eigenvalue weighted by Gasteiger charge is -2.40. The summed E-state index contributed by atoms with van der Waals surface area (Å²) in [7, 11) is -4.08. The minimum atomic E-state index is -4.08. The zero-order valence-electron chi connectivity index (χ0n) is 19.4. The summed E-state index contributed by atoms with van der Waals surface area (Å²) in [5, 5.41) is 10.1. The molecule has 0 saturated carbocycles. The third-order valence-corrected chi connectivity index (χ3v) is 8.44. The Morgan fingerprint density at radius 2 is 1.60 bits per heavy atom. The summed E-state index contributed by atoms with van der Waals surface area (Å²) in [5.74, 6) is -0.460. The lowest BCUT2D eigenvalue weighted by Crippen LogP contribution is -2.42. The number of halogens is 1. The fourth-order valence-corrected chi connectivity index (χ4v) is 6.36. The van der Waals surface area contributed by atoms with Crippen molar-refractivity contribution in [3.05, 3.63) is 106 Å². The summed E-state index contributed by atoms with van der Waals surface area (Å²) in [6.45, 7) is 4.30. The highest BCUT2D eigenvalue weighted by atomic mass is 79.9. The van der Waals surface area contributed by atoms with Crippen LogP contribution in [0.3, 0.4) is 0 Å². The normalized spacial score (nSPS) is 18.7. The number of carbonyl (C=O) groups is 1. The van der Waals surface area contributed by atoms with E-state index in [2.05, 4.69) is 15.9 Å². The van der Waals surface area contributed by atoms with Crippen molar-refractivity contribution in [2.24, 2.45) is 0 Å². The molecule has 182 valence electrons. The maximum atomic E-state index is 14.1. The van der Waals surface area contributed by atoms with E-state index in [-0.39, 0.29) is 16.9 Å². The SMILES string of the molecule is CCOc1ccc([C@@H]2CC=C(C(=O)O)[C@H](c3ccc(Br)cc3)N2S(=O)(=O)c2ccc(C)cc2)cc1. The van der Waals surface area contributed by atoms with Crippen LogP contribution in [0.1, 0.15) is 42.1 Å². The second-order valence-electron chi connectivity index (χ2n) is 8.32. The summed E-state index contributed by atoms with van der Waals surface area (Å²) in [4.78, 5) is 12.4. The van der Waals surface area contributed by atoms with Gasteiger partial charge in [-0.3, -0.25) is 0 Å². The third kappa shape index (κ3) is 5.19. The summed E-state index contributed by atoms with van der Waals surface area (Å²) in [5.41, 5.74) is 2.30. The Morgan fingerprint density at radius 3 is 2.17 bits per heavy atom. The van der Waals surface area contributed by atoms with Crippen molar-refractivity contribution in [1.29, 1.82) is 0 Å². The first-order valence-electron chi connectivity index (χ1n) is 11.2. The number of benzene rings is 3. The van der Waals surface area contributed by atoms with Crippen LogP contribution in [0, 0.1) is 6.92 Å². The van der Waals surface area contributed by atoms with Crippen LogP contribution in [0.2, 0.25) is 0 Å². The van der Waals surface area contributed by atoms with Crippen molar-refractivity contribution < 1.29 is 23.1 Å². The molecule has 4 rings (SSSR count).